The number of nitrogens with zero attached hydrogens (tertiary/aromatic N) is 2. The van der Waals surface area contributed by atoms with Crippen molar-refractivity contribution in [3.63, 3.8) is 0 Å². The third-order valence-electron chi connectivity index (χ3n) is 5.37. The monoisotopic (exact) mass is 353 g/mol. The van der Waals surface area contributed by atoms with Crippen LogP contribution in [-0.4, -0.2) is 60.6 Å². The van der Waals surface area contributed by atoms with Gasteiger partial charge in [-0.3, -0.25) is 9.69 Å². The van der Waals surface area contributed by atoms with Crippen molar-refractivity contribution >= 4 is 5.91 Å². The van der Waals surface area contributed by atoms with Crippen LogP contribution in [0.1, 0.15) is 31.4 Å². The fraction of sp³-hybridized carbons (Fsp3) is 0.611. The molecule has 2 aliphatic heterocycles. The number of benzene rings is 1. The molecular formula is C18H25F2N3O2. The highest BCUT2D eigenvalue weighted by molar-refractivity contribution is 5.86. The molecule has 0 bridgehead atoms. The first-order valence-electron chi connectivity index (χ1n) is 8.76. The van der Waals surface area contributed by atoms with Crippen molar-refractivity contribution in [2.75, 3.05) is 39.4 Å². The highest BCUT2D eigenvalue weighted by Crippen LogP contribution is 2.26. The summed E-state index contributed by atoms with van der Waals surface area (Å²) in [6.45, 7) is 5.33. The predicted octanol–water partition coefficient (Wildman–Crippen LogP) is 1.68. The molecule has 1 aromatic carbocycles. The topological polar surface area (TPSA) is 58.8 Å². The fourth-order valence-electron chi connectivity index (χ4n) is 3.61. The summed E-state index contributed by atoms with van der Waals surface area (Å²) in [6.07, 6.45) is 1.09. The second kappa shape index (κ2) is 7.35. The SMILES string of the molecule is CC(c1ccc(F)cc1F)N1CCN(C(=O)C2(N)CCOCC2)CC1. The highest BCUT2D eigenvalue weighted by Gasteiger charge is 2.40. The first-order chi connectivity index (χ1) is 11.9. The van der Waals surface area contributed by atoms with Gasteiger partial charge in [-0.1, -0.05) is 6.07 Å². The molecule has 0 saturated carbocycles. The van der Waals surface area contributed by atoms with Gasteiger partial charge in [-0.2, -0.15) is 0 Å². The van der Waals surface area contributed by atoms with Gasteiger partial charge < -0.3 is 15.4 Å². The van der Waals surface area contributed by atoms with Crippen LogP contribution in [0.3, 0.4) is 0 Å². The molecule has 1 aromatic rings. The predicted molar refractivity (Wildman–Crippen MR) is 89.9 cm³/mol. The van der Waals surface area contributed by atoms with Crippen molar-refractivity contribution < 1.29 is 18.3 Å². The summed E-state index contributed by atoms with van der Waals surface area (Å²) in [5.41, 5.74) is 5.93. The Labute approximate surface area is 146 Å². The van der Waals surface area contributed by atoms with E-state index in [1.54, 1.807) is 4.90 Å². The lowest BCUT2D eigenvalue weighted by Gasteiger charge is -2.42. The number of carbonyl (C=O) groups excluding carboxylic acids is 1. The maximum absolute atomic E-state index is 14.0. The smallest absolute Gasteiger partial charge is 0.242 e. The van der Waals surface area contributed by atoms with E-state index < -0.39 is 17.2 Å². The molecule has 25 heavy (non-hydrogen) atoms. The third-order valence-corrected chi connectivity index (χ3v) is 5.37. The molecular weight excluding hydrogens is 328 g/mol. The molecule has 138 valence electrons. The number of ether oxygens (including phenoxy) is 1. The molecule has 2 heterocycles. The first kappa shape index (κ1) is 18.2. The maximum Gasteiger partial charge on any atom is 0.242 e. The van der Waals surface area contributed by atoms with Crippen molar-refractivity contribution in [3.05, 3.63) is 35.4 Å². The van der Waals surface area contributed by atoms with Gasteiger partial charge in [0.2, 0.25) is 5.91 Å². The summed E-state index contributed by atoms with van der Waals surface area (Å²) >= 11 is 0. The van der Waals surface area contributed by atoms with E-state index in [0.717, 1.165) is 6.07 Å². The van der Waals surface area contributed by atoms with E-state index in [9.17, 15) is 13.6 Å². The quantitative estimate of drug-likeness (QED) is 0.898. The Morgan fingerprint density at radius 2 is 1.84 bits per heavy atom. The van der Waals surface area contributed by atoms with E-state index in [4.69, 9.17) is 10.5 Å². The number of hydrogen-bond donors (Lipinski definition) is 1. The van der Waals surface area contributed by atoms with Crippen molar-refractivity contribution in [1.29, 1.82) is 0 Å². The maximum atomic E-state index is 14.0. The van der Waals surface area contributed by atoms with Crippen LogP contribution in [0.4, 0.5) is 8.78 Å². The van der Waals surface area contributed by atoms with Gasteiger partial charge in [-0.15, -0.1) is 0 Å². The Kier molecular flexibility index (Phi) is 5.36. The summed E-state index contributed by atoms with van der Waals surface area (Å²) in [7, 11) is 0. The van der Waals surface area contributed by atoms with Crippen molar-refractivity contribution in [2.45, 2.75) is 31.3 Å². The fourth-order valence-corrected chi connectivity index (χ4v) is 3.61. The van der Waals surface area contributed by atoms with Crippen molar-refractivity contribution in [3.8, 4) is 0 Å². The van der Waals surface area contributed by atoms with Gasteiger partial charge in [0.1, 0.15) is 11.6 Å². The van der Waals surface area contributed by atoms with E-state index >= 15 is 0 Å². The molecule has 2 fully saturated rings. The largest absolute Gasteiger partial charge is 0.381 e. The number of amides is 1. The lowest BCUT2D eigenvalue weighted by Crippen LogP contribution is -2.61. The second-order valence-electron chi connectivity index (χ2n) is 6.94. The molecule has 0 spiro atoms. The van der Waals surface area contributed by atoms with E-state index in [0.29, 0.717) is 57.8 Å². The average Bonchev–Trinajstić information content (AvgIpc) is 2.61. The van der Waals surface area contributed by atoms with E-state index in [2.05, 4.69) is 4.90 Å². The molecule has 1 unspecified atom stereocenters. The average molecular weight is 353 g/mol. The van der Waals surface area contributed by atoms with Crippen LogP contribution in [0.5, 0.6) is 0 Å². The summed E-state index contributed by atoms with van der Waals surface area (Å²) in [4.78, 5) is 16.6. The van der Waals surface area contributed by atoms with Crippen LogP contribution in [-0.2, 0) is 9.53 Å². The van der Waals surface area contributed by atoms with Crippen LogP contribution in [0.15, 0.2) is 18.2 Å². The number of piperazine rings is 1. The molecule has 7 heteroatoms. The standard InChI is InChI=1S/C18H25F2N3O2/c1-13(15-3-2-14(19)12-16(15)20)22-6-8-23(9-7-22)17(24)18(21)4-10-25-11-5-18/h2-3,12-13H,4-11,21H2,1H3. The molecule has 0 radical (unpaired) electrons. The van der Waals surface area contributed by atoms with Gasteiger partial charge in [0, 0.05) is 57.1 Å². The van der Waals surface area contributed by atoms with E-state index in [1.165, 1.54) is 12.1 Å². The van der Waals surface area contributed by atoms with Gasteiger partial charge in [-0.05, 0) is 25.8 Å². The first-order valence-corrected chi connectivity index (χ1v) is 8.76. The zero-order valence-electron chi connectivity index (χ0n) is 14.5. The van der Waals surface area contributed by atoms with Crippen molar-refractivity contribution in [2.24, 2.45) is 5.73 Å². The molecule has 5 nitrogen and oxygen atoms in total. The number of halogens is 2. The minimum Gasteiger partial charge on any atom is -0.381 e. The van der Waals surface area contributed by atoms with Gasteiger partial charge >= 0.3 is 0 Å². The Hall–Kier alpha value is -1.57. The summed E-state index contributed by atoms with van der Waals surface area (Å²) in [6, 6.07) is 3.50. The Morgan fingerprint density at radius 1 is 1.20 bits per heavy atom. The van der Waals surface area contributed by atoms with Crippen molar-refractivity contribution in [1.82, 2.24) is 9.80 Å². The minimum atomic E-state index is -0.824. The molecule has 0 aromatic heterocycles. The number of nitrogens with two attached hydrogens (primary N) is 1. The summed E-state index contributed by atoms with van der Waals surface area (Å²) in [5, 5.41) is 0. The van der Waals surface area contributed by atoms with Gasteiger partial charge in [0.25, 0.3) is 0 Å². The highest BCUT2D eigenvalue weighted by atomic mass is 19.1. The molecule has 1 atom stereocenters. The lowest BCUT2D eigenvalue weighted by atomic mass is 9.89. The molecule has 2 N–H and O–H groups in total. The molecule has 0 aliphatic carbocycles. The Morgan fingerprint density at radius 3 is 2.44 bits per heavy atom. The molecule has 2 aliphatic rings. The van der Waals surface area contributed by atoms with Crippen LogP contribution in [0, 0.1) is 11.6 Å². The molecule has 1 amide bonds. The third kappa shape index (κ3) is 3.83. The zero-order valence-corrected chi connectivity index (χ0v) is 14.5. The van der Waals surface area contributed by atoms with Gasteiger partial charge in [0.05, 0.1) is 5.54 Å². The number of rotatable bonds is 3. The second-order valence-corrected chi connectivity index (χ2v) is 6.94. The zero-order chi connectivity index (χ0) is 18.0. The van der Waals surface area contributed by atoms with Gasteiger partial charge in [0.15, 0.2) is 0 Å². The molecule has 3 rings (SSSR count). The van der Waals surface area contributed by atoms with Crippen LogP contribution < -0.4 is 5.73 Å². The minimum absolute atomic E-state index is 0.0175. The summed E-state index contributed by atoms with van der Waals surface area (Å²) < 4.78 is 32.4. The van der Waals surface area contributed by atoms with Crippen LogP contribution >= 0.6 is 0 Å². The van der Waals surface area contributed by atoms with E-state index in [1.807, 2.05) is 6.92 Å². The van der Waals surface area contributed by atoms with Crippen LogP contribution in [0.2, 0.25) is 0 Å². The number of carbonyl (C=O) groups is 1. The van der Waals surface area contributed by atoms with Gasteiger partial charge in [-0.25, -0.2) is 8.78 Å². The lowest BCUT2D eigenvalue weighted by molar-refractivity contribution is -0.142. The summed E-state index contributed by atoms with van der Waals surface area (Å²) in [5.74, 6) is -1.13. The normalized spacial score (nSPS) is 22.6. The Balaban J connectivity index is 1.60. The van der Waals surface area contributed by atoms with E-state index in [-0.39, 0.29) is 11.9 Å². The molecule has 2 saturated heterocycles. The van der Waals surface area contributed by atoms with Crippen LogP contribution in [0.25, 0.3) is 0 Å². The Bertz CT molecular complexity index is 627. The number of hydrogen-bond acceptors (Lipinski definition) is 4.